The molecule has 0 spiro atoms. The van der Waals surface area contributed by atoms with Crippen molar-refractivity contribution >= 4 is 11.8 Å². The molecule has 0 amide bonds. The molecule has 0 saturated heterocycles. The second kappa shape index (κ2) is 8.50. The van der Waals surface area contributed by atoms with Crippen molar-refractivity contribution in [1.82, 2.24) is 15.2 Å². The number of hydrogen-bond donors (Lipinski definition) is 1. The normalized spacial score (nSPS) is 12.9. The summed E-state index contributed by atoms with van der Waals surface area (Å²) in [7, 11) is 2.18. The number of hydrogen-bond acceptors (Lipinski definition) is 4. The molecule has 1 N–H and O–H groups in total. The molecule has 0 aliphatic heterocycles. The van der Waals surface area contributed by atoms with E-state index in [1.807, 2.05) is 36.2 Å². The van der Waals surface area contributed by atoms with E-state index >= 15 is 0 Å². The van der Waals surface area contributed by atoms with E-state index in [-0.39, 0.29) is 0 Å². The second-order valence-electron chi connectivity index (χ2n) is 4.28. The largest absolute Gasteiger partial charge is 0.310 e. The first-order valence-corrected chi connectivity index (χ1v) is 7.43. The zero-order valence-corrected chi connectivity index (χ0v) is 11.8. The van der Waals surface area contributed by atoms with Gasteiger partial charge in [-0.25, -0.2) is 0 Å². The smallest absolute Gasteiger partial charge is 0.0541 e. The van der Waals surface area contributed by atoms with Crippen LogP contribution < -0.4 is 5.32 Å². The molecule has 17 heavy (non-hydrogen) atoms. The molecular formula is C13H23N3S. The van der Waals surface area contributed by atoms with Gasteiger partial charge in [-0.1, -0.05) is 6.07 Å². The monoisotopic (exact) mass is 253 g/mol. The molecule has 1 heterocycles. The van der Waals surface area contributed by atoms with Gasteiger partial charge in [0.15, 0.2) is 0 Å². The number of thioether (sulfide) groups is 1. The Balaban J connectivity index is 2.12. The summed E-state index contributed by atoms with van der Waals surface area (Å²) in [5, 5.41) is 3.42. The molecule has 0 aliphatic rings. The van der Waals surface area contributed by atoms with Crippen LogP contribution in [0.1, 0.15) is 12.6 Å². The number of likely N-dealkylation sites (N-methyl/N-ethyl adjacent to an activating group) is 1. The van der Waals surface area contributed by atoms with Crippen LogP contribution in [0.25, 0.3) is 0 Å². The Labute approximate surface area is 109 Å². The van der Waals surface area contributed by atoms with E-state index in [0.717, 1.165) is 25.3 Å². The molecule has 0 radical (unpaired) electrons. The number of nitrogens with one attached hydrogen (secondary N) is 1. The van der Waals surface area contributed by atoms with Crippen molar-refractivity contribution in [2.75, 3.05) is 32.1 Å². The van der Waals surface area contributed by atoms with Gasteiger partial charge in [-0.2, -0.15) is 11.8 Å². The number of nitrogens with zero attached hydrogens (tertiary/aromatic N) is 2. The molecule has 4 heteroatoms. The number of rotatable bonds is 8. The van der Waals surface area contributed by atoms with Gasteiger partial charge in [0, 0.05) is 37.6 Å². The van der Waals surface area contributed by atoms with Gasteiger partial charge in [0.05, 0.1) is 5.69 Å². The molecule has 1 unspecified atom stereocenters. The van der Waals surface area contributed by atoms with Crippen LogP contribution >= 0.6 is 11.8 Å². The van der Waals surface area contributed by atoms with Gasteiger partial charge in [-0.3, -0.25) is 4.98 Å². The lowest BCUT2D eigenvalue weighted by molar-refractivity contribution is 0.277. The van der Waals surface area contributed by atoms with Crippen LogP contribution in [0.15, 0.2) is 24.4 Å². The van der Waals surface area contributed by atoms with Gasteiger partial charge in [-0.15, -0.1) is 0 Å². The molecule has 0 aliphatic carbocycles. The zero-order chi connectivity index (χ0) is 12.5. The van der Waals surface area contributed by atoms with E-state index in [1.54, 1.807) is 0 Å². The van der Waals surface area contributed by atoms with Crippen LogP contribution in [0.2, 0.25) is 0 Å². The van der Waals surface area contributed by atoms with Crippen LogP contribution in [-0.4, -0.2) is 48.1 Å². The summed E-state index contributed by atoms with van der Waals surface area (Å²) in [5.74, 6) is 1.19. The van der Waals surface area contributed by atoms with Crippen LogP contribution in [0.3, 0.4) is 0 Å². The number of pyridine rings is 1. The highest BCUT2D eigenvalue weighted by Crippen LogP contribution is 2.02. The van der Waals surface area contributed by atoms with E-state index in [9.17, 15) is 0 Å². The third-order valence-electron chi connectivity index (χ3n) is 2.83. The summed E-state index contributed by atoms with van der Waals surface area (Å²) in [4.78, 5) is 6.67. The maximum Gasteiger partial charge on any atom is 0.0541 e. The molecule has 96 valence electrons. The topological polar surface area (TPSA) is 28.2 Å². The van der Waals surface area contributed by atoms with Crippen LogP contribution in [0.4, 0.5) is 0 Å². The van der Waals surface area contributed by atoms with E-state index < -0.39 is 0 Å². The molecule has 0 fully saturated rings. The van der Waals surface area contributed by atoms with Crippen LogP contribution in [0.5, 0.6) is 0 Å². The third kappa shape index (κ3) is 6.05. The average molecular weight is 253 g/mol. The van der Waals surface area contributed by atoms with E-state index in [1.165, 1.54) is 5.75 Å². The fourth-order valence-corrected chi connectivity index (χ4v) is 2.30. The first-order chi connectivity index (χ1) is 8.24. The zero-order valence-electron chi connectivity index (χ0n) is 11.0. The predicted molar refractivity (Wildman–Crippen MR) is 76.4 cm³/mol. The Morgan fingerprint density at radius 2 is 2.29 bits per heavy atom. The Morgan fingerprint density at radius 1 is 1.47 bits per heavy atom. The molecule has 0 saturated carbocycles. The van der Waals surface area contributed by atoms with Crippen molar-refractivity contribution in [1.29, 1.82) is 0 Å². The van der Waals surface area contributed by atoms with Crippen molar-refractivity contribution in [3.05, 3.63) is 30.1 Å². The minimum Gasteiger partial charge on any atom is -0.310 e. The molecule has 1 aromatic heterocycles. The summed E-state index contributed by atoms with van der Waals surface area (Å²) in [6.45, 7) is 5.21. The van der Waals surface area contributed by atoms with Crippen molar-refractivity contribution in [3.8, 4) is 0 Å². The van der Waals surface area contributed by atoms with E-state index in [0.29, 0.717) is 6.04 Å². The van der Waals surface area contributed by atoms with Gasteiger partial charge in [0.2, 0.25) is 0 Å². The van der Waals surface area contributed by atoms with Crippen molar-refractivity contribution < 1.29 is 0 Å². The van der Waals surface area contributed by atoms with Crippen molar-refractivity contribution in [2.24, 2.45) is 0 Å². The SMILES string of the molecule is CSCC(C)N(C)CCNCc1ccccn1. The molecule has 3 nitrogen and oxygen atoms in total. The van der Waals surface area contributed by atoms with E-state index in [2.05, 4.69) is 35.4 Å². The molecule has 1 rings (SSSR count). The average Bonchev–Trinajstić information content (AvgIpc) is 2.36. The fourth-order valence-electron chi connectivity index (χ4n) is 1.56. The van der Waals surface area contributed by atoms with Crippen LogP contribution in [-0.2, 0) is 6.54 Å². The molecular weight excluding hydrogens is 230 g/mol. The Bertz CT molecular complexity index is 292. The Hall–Kier alpha value is -0.580. The Kier molecular flexibility index (Phi) is 7.24. The molecule has 0 bridgehead atoms. The lowest BCUT2D eigenvalue weighted by Crippen LogP contribution is -2.36. The summed E-state index contributed by atoms with van der Waals surface area (Å²) in [6.07, 6.45) is 3.99. The first-order valence-electron chi connectivity index (χ1n) is 6.04. The lowest BCUT2D eigenvalue weighted by Gasteiger charge is -2.23. The molecule has 1 atom stereocenters. The summed E-state index contributed by atoms with van der Waals surface area (Å²) < 4.78 is 0. The van der Waals surface area contributed by atoms with Gasteiger partial charge < -0.3 is 10.2 Å². The third-order valence-corrected chi connectivity index (χ3v) is 3.65. The van der Waals surface area contributed by atoms with Gasteiger partial charge >= 0.3 is 0 Å². The highest BCUT2D eigenvalue weighted by atomic mass is 32.2. The lowest BCUT2D eigenvalue weighted by atomic mass is 10.3. The van der Waals surface area contributed by atoms with Gasteiger partial charge in [0.1, 0.15) is 0 Å². The van der Waals surface area contributed by atoms with Crippen molar-refractivity contribution in [3.63, 3.8) is 0 Å². The summed E-state index contributed by atoms with van der Waals surface area (Å²) in [5.41, 5.74) is 1.10. The minimum atomic E-state index is 0.640. The Morgan fingerprint density at radius 3 is 2.94 bits per heavy atom. The summed E-state index contributed by atoms with van der Waals surface area (Å²) >= 11 is 1.90. The molecule has 1 aromatic rings. The quantitative estimate of drug-likeness (QED) is 0.716. The minimum absolute atomic E-state index is 0.640. The molecule has 0 aromatic carbocycles. The van der Waals surface area contributed by atoms with E-state index in [4.69, 9.17) is 0 Å². The highest BCUT2D eigenvalue weighted by molar-refractivity contribution is 7.98. The number of aromatic nitrogens is 1. The maximum absolute atomic E-state index is 4.28. The second-order valence-corrected chi connectivity index (χ2v) is 5.19. The summed E-state index contributed by atoms with van der Waals surface area (Å²) in [6, 6.07) is 6.66. The predicted octanol–water partition coefficient (Wildman–Crippen LogP) is 1.85. The van der Waals surface area contributed by atoms with Gasteiger partial charge in [-0.05, 0) is 32.4 Å². The van der Waals surface area contributed by atoms with Crippen molar-refractivity contribution in [2.45, 2.75) is 19.5 Å². The van der Waals surface area contributed by atoms with Crippen LogP contribution in [0, 0.1) is 0 Å². The standard InChI is InChI=1S/C13H23N3S/c1-12(11-17-3)16(2)9-8-14-10-13-6-4-5-7-15-13/h4-7,12,14H,8-11H2,1-3H3. The highest BCUT2D eigenvalue weighted by Gasteiger charge is 2.07. The maximum atomic E-state index is 4.28. The fraction of sp³-hybridized carbons (Fsp3) is 0.615. The first kappa shape index (κ1) is 14.5. The van der Waals surface area contributed by atoms with Gasteiger partial charge in [0.25, 0.3) is 0 Å².